The predicted octanol–water partition coefficient (Wildman–Crippen LogP) is 2.91. The molecule has 3 rings (SSSR count). The topological polar surface area (TPSA) is 56.5 Å². The highest BCUT2D eigenvalue weighted by molar-refractivity contribution is 4.93. The summed E-state index contributed by atoms with van der Waals surface area (Å²) in [6, 6.07) is 0.385. The molecule has 3 fully saturated rings. The molecule has 3 N–H and O–H groups in total. The smallest absolute Gasteiger partial charge is 0.0685 e. The van der Waals surface area contributed by atoms with Crippen molar-refractivity contribution in [1.29, 1.82) is 0 Å². The van der Waals surface area contributed by atoms with Crippen molar-refractivity contribution in [3.05, 3.63) is 0 Å². The van der Waals surface area contributed by atoms with Gasteiger partial charge < -0.3 is 9.47 Å². The summed E-state index contributed by atoms with van der Waals surface area (Å²) in [7, 11) is 0. The normalized spacial score (nSPS) is 34.7. The van der Waals surface area contributed by atoms with Crippen molar-refractivity contribution in [3.8, 4) is 0 Å². The lowest BCUT2D eigenvalue weighted by molar-refractivity contribution is -0.124. The molecule has 4 nitrogen and oxygen atoms in total. The van der Waals surface area contributed by atoms with E-state index in [1.165, 1.54) is 57.8 Å². The Labute approximate surface area is 129 Å². The van der Waals surface area contributed by atoms with Crippen LogP contribution in [-0.4, -0.2) is 31.0 Å². The SMILES string of the molecule is NNC(CC1CCCCO1)C1CCOC2(CCCCC2)C1. The fourth-order valence-corrected chi connectivity index (χ4v) is 4.63. The van der Waals surface area contributed by atoms with Crippen LogP contribution in [0.25, 0.3) is 0 Å². The van der Waals surface area contributed by atoms with E-state index in [9.17, 15) is 0 Å². The van der Waals surface area contributed by atoms with Crippen LogP contribution in [0.3, 0.4) is 0 Å². The van der Waals surface area contributed by atoms with Crippen LogP contribution in [0.2, 0.25) is 0 Å². The van der Waals surface area contributed by atoms with Gasteiger partial charge in [0.15, 0.2) is 0 Å². The summed E-state index contributed by atoms with van der Waals surface area (Å²) in [4.78, 5) is 0. The van der Waals surface area contributed by atoms with E-state index in [1.807, 2.05) is 0 Å². The van der Waals surface area contributed by atoms with Gasteiger partial charge in [0.1, 0.15) is 0 Å². The van der Waals surface area contributed by atoms with Gasteiger partial charge in [0, 0.05) is 19.3 Å². The van der Waals surface area contributed by atoms with Crippen LogP contribution in [0.5, 0.6) is 0 Å². The number of ether oxygens (including phenoxy) is 2. The molecule has 2 heterocycles. The molecule has 2 saturated heterocycles. The molecule has 3 atom stereocenters. The van der Waals surface area contributed by atoms with E-state index in [2.05, 4.69) is 5.43 Å². The van der Waals surface area contributed by atoms with E-state index in [4.69, 9.17) is 15.3 Å². The molecule has 3 aliphatic rings. The molecule has 21 heavy (non-hydrogen) atoms. The van der Waals surface area contributed by atoms with Gasteiger partial charge in [0.25, 0.3) is 0 Å². The number of hydrogen-bond donors (Lipinski definition) is 2. The molecular weight excluding hydrogens is 264 g/mol. The minimum Gasteiger partial charge on any atom is -0.378 e. The van der Waals surface area contributed by atoms with Gasteiger partial charge in [-0.1, -0.05) is 19.3 Å². The summed E-state index contributed by atoms with van der Waals surface area (Å²) in [5.74, 6) is 6.54. The first-order valence-corrected chi connectivity index (χ1v) is 9.03. The third kappa shape index (κ3) is 3.98. The lowest BCUT2D eigenvalue weighted by Gasteiger charge is -2.46. The Morgan fingerprint density at radius 1 is 1.05 bits per heavy atom. The van der Waals surface area contributed by atoms with E-state index in [-0.39, 0.29) is 5.60 Å². The predicted molar refractivity (Wildman–Crippen MR) is 83.8 cm³/mol. The van der Waals surface area contributed by atoms with Crippen molar-refractivity contribution in [1.82, 2.24) is 5.43 Å². The maximum Gasteiger partial charge on any atom is 0.0685 e. The second-order valence-corrected chi connectivity index (χ2v) is 7.34. The molecule has 0 aromatic heterocycles. The van der Waals surface area contributed by atoms with Crippen LogP contribution in [0.15, 0.2) is 0 Å². The molecule has 2 aliphatic heterocycles. The van der Waals surface area contributed by atoms with Gasteiger partial charge in [-0.05, 0) is 57.3 Å². The molecule has 1 aliphatic carbocycles. The van der Waals surface area contributed by atoms with Crippen molar-refractivity contribution in [2.75, 3.05) is 13.2 Å². The largest absolute Gasteiger partial charge is 0.378 e. The zero-order valence-electron chi connectivity index (χ0n) is 13.3. The van der Waals surface area contributed by atoms with Crippen LogP contribution in [0.4, 0.5) is 0 Å². The lowest BCUT2D eigenvalue weighted by Crippen LogP contribution is -2.50. The lowest BCUT2D eigenvalue weighted by atomic mass is 9.73. The van der Waals surface area contributed by atoms with Gasteiger partial charge in [0.2, 0.25) is 0 Å². The van der Waals surface area contributed by atoms with Crippen LogP contribution in [0.1, 0.15) is 70.6 Å². The summed E-state index contributed by atoms with van der Waals surface area (Å²) in [6.45, 7) is 1.84. The number of hydrogen-bond acceptors (Lipinski definition) is 4. The Balaban J connectivity index is 1.57. The molecule has 1 saturated carbocycles. The van der Waals surface area contributed by atoms with Crippen LogP contribution < -0.4 is 11.3 Å². The summed E-state index contributed by atoms with van der Waals surface area (Å²) in [6.07, 6.45) is 14.1. The Kier molecular flexibility index (Phi) is 5.54. The first kappa shape index (κ1) is 15.7. The Bertz CT molecular complexity index is 306. The van der Waals surface area contributed by atoms with Crippen molar-refractivity contribution < 1.29 is 9.47 Å². The quantitative estimate of drug-likeness (QED) is 0.618. The first-order chi connectivity index (χ1) is 10.3. The van der Waals surface area contributed by atoms with E-state index in [1.54, 1.807) is 0 Å². The fourth-order valence-electron chi connectivity index (χ4n) is 4.63. The second kappa shape index (κ2) is 7.40. The fraction of sp³-hybridized carbons (Fsp3) is 1.00. The maximum atomic E-state index is 6.22. The zero-order chi connectivity index (χ0) is 14.5. The number of hydrazine groups is 1. The van der Waals surface area contributed by atoms with Crippen molar-refractivity contribution in [2.45, 2.75) is 88.4 Å². The third-order valence-electron chi connectivity index (χ3n) is 5.87. The Hall–Kier alpha value is -0.160. The average Bonchev–Trinajstić information content (AvgIpc) is 2.54. The first-order valence-electron chi connectivity index (χ1n) is 9.03. The maximum absolute atomic E-state index is 6.22. The third-order valence-corrected chi connectivity index (χ3v) is 5.87. The molecule has 4 heteroatoms. The molecule has 122 valence electrons. The Morgan fingerprint density at radius 2 is 1.90 bits per heavy atom. The number of rotatable bonds is 4. The monoisotopic (exact) mass is 296 g/mol. The van der Waals surface area contributed by atoms with Gasteiger partial charge in [-0.15, -0.1) is 0 Å². The summed E-state index contributed by atoms with van der Waals surface area (Å²) in [5.41, 5.74) is 3.28. The van der Waals surface area contributed by atoms with E-state index in [0.29, 0.717) is 18.1 Å². The van der Waals surface area contributed by atoms with Crippen LogP contribution in [0, 0.1) is 5.92 Å². The molecule has 3 unspecified atom stereocenters. The summed E-state index contributed by atoms with van der Waals surface area (Å²) < 4.78 is 12.1. The van der Waals surface area contributed by atoms with Crippen LogP contribution in [-0.2, 0) is 9.47 Å². The van der Waals surface area contributed by atoms with E-state index >= 15 is 0 Å². The van der Waals surface area contributed by atoms with Gasteiger partial charge in [-0.3, -0.25) is 11.3 Å². The molecule has 0 amide bonds. The van der Waals surface area contributed by atoms with Crippen molar-refractivity contribution in [3.63, 3.8) is 0 Å². The highest BCUT2D eigenvalue weighted by Gasteiger charge is 2.41. The minimum absolute atomic E-state index is 0.170. The van der Waals surface area contributed by atoms with E-state index in [0.717, 1.165) is 26.1 Å². The molecular formula is C17H32N2O2. The number of nitrogens with one attached hydrogen (secondary N) is 1. The van der Waals surface area contributed by atoms with E-state index < -0.39 is 0 Å². The van der Waals surface area contributed by atoms with Gasteiger partial charge >= 0.3 is 0 Å². The van der Waals surface area contributed by atoms with Crippen molar-refractivity contribution >= 4 is 0 Å². The zero-order valence-corrected chi connectivity index (χ0v) is 13.3. The highest BCUT2D eigenvalue weighted by Crippen LogP contribution is 2.42. The van der Waals surface area contributed by atoms with Gasteiger partial charge in [-0.2, -0.15) is 0 Å². The Morgan fingerprint density at radius 3 is 2.62 bits per heavy atom. The highest BCUT2D eigenvalue weighted by atomic mass is 16.5. The average molecular weight is 296 g/mol. The molecule has 0 aromatic rings. The molecule has 0 radical (unpaired) electrons. The number of nitrogens with two attached hydrogens (primary N) is 1. The van der Waals surface area contributed by atoms with Crippen LogP contribution >= 0.6 is 0 Å². The van der Waals surface area contributed by atoms with Crippen molar-refractivity contribution in [2.24, 2.45) is 11.8 Å². The van der Waals surface area contributed by atoms with Gasteiger partial charge in [0.05, 0.1) is 11.7 Å². The summed E-state index contributed by atoms with van der Waals surface area (Å²) >= 11 is 0. The molecule has 1 spiro atoms. The minimum atomic E-state index is 0.170. The second-order valence-electron chi connectivity index (χ2n) is 7.34. The standard InChI is InChI=1S/C17H32N2O2/c18-19-16(12-15-6-2-5-10-20-15)14-7-11-21-17(13-14)8-3-1-4-9-17/h14-16,19H,1-13,18H2. The summed E-state index contributed by atoms with van der Waals surface area (Å²) in [5, 5.41) is 0. The molecule has 0 bridgehead atoms. The molecule has 0 aromatic carbocycles. The van der Waals surface area contributed by atoms with Gasteiger partial charge in [-0.25, -0.2) is 0 Å².